The van der Waals surface area contributed by atoms with Gasteiger partial charge in [-0.2, -0.15) is 5.10 Å². The maximum atomic E-state index is 12.0. The van der Waals surface area contributed by atoms with Crippen molar-refractivity contribution in [1.82, 2.24) is 10.3 Å². The SMILES string of the molecule is CN1N=C(C(=O)NC(CCC(C)(C)C)C(=O)O)CCC1=O. The van der Waals surface area contributed by atoms with Crippen LogP contribution in [0.25, 0.3) is 0 Å². The van der Waals surface area contributed by atoms with Gasteiger partial charge in [-0.1, -0.05) is 20.8 Å². The molecular formula is C14H23N3O4. The van der Waals surface area contributed by atoms with E-state index in [9.17, 15) is 19.5 Å². The number of hydrazone groups is 1. The predicted molar refractivity (Wildman–Crippen MR) is 77.7 cm³/mol. The monoisotopic (exact) mass is 297 g/mol. The third kappa shape index (κ3) is 5.53. The number of hydrogen-bond acceptors (Lipinski definition) is 4. The molecule has 0 spiro atoms. The van der Waals surface area contributed by atoms with E-state index < -0.39 is 17.9 Å². The van der Waals surface area contributed by atoms with E-state index in [1.807, 2.05) is 20.8 Å². The van der Waals surface area contributed by atoms with Gasteiger partial charge in [0.2, 0.25) is 5.91 Å². The fourth-order valence-corrected chi connectivity index (χ4v) is 1.91. The first kappa shape index (κ1) is 17.1. The van der Waals surface area contributed by atoms with Gasteiger partial charge in [-0.25, -0.2) is 9.80 Å². The average Bonchev–Trinajstić information content (AvgIpc) is 2.36. The van der Waals surface area contributed by atoms with Gasteiger partial charge in [0.25, 0.3) is 5.91 Å². The Morgan fingerprint density at radius 3 is 2.48 bits per heavy atom. The van der Waals surface area contributed by atoms with Gasteiger partial charge in [-0.15, -0.1) is 0 Å². The van der Waals surface area contributed by atoms with E-state index in [1.165, 1.54) is 7.05 Å². The fourth-order valence-electron chi connectivity index (χ4n) is 1.91. The lowest BCUT2D eigenvalue weighted by Crippen LogP contribution is -2.46. The Labute approximate surface area is 124 Å². The molecular weight excluding hydrogens is 274 g/mol. The van der Waals surface area contributed by atoms with E-state index in [0.29, 0.717) is 12.8 Å². The molecule has 1 rings (SSSR count). The second-order valence-corrected chi connectivity index (χ2v) is 6.43. The second-order valence-electron chi connectivity index (χ2n) is 6.43. The van der Waals surface area contributed by atoms with Gasteiger partial charge in [-0.05, 0) is 18.3 Å². The summed E-state index contributed by atoms with van der Waals surface area (Å²) in [6, 6.07) is -0.942. The summed E-state index contributed by atoms with van der Waals surface area (Å²) < 4.78 is 0. The fraction of sp³-hybridized carbons (Fsp3) is 0.714. The van der Waals surface area contributed by atoms with Crippen molar-refractivity contribution in [3.05, 3.63) is 0 Å². The summed E-state index contributed by atoms with van der Waals surface area (Å²) in [6.45, 7) is 6.04. The average molecular weight is 297 g/mol. The number of carboxylic acid groups (broad SMARTS) is 1. The van der Waals surface area contributed by atoms with Crippen LogP contribution in [0.15, 0.2) is 5.10 Å². The van der Waals surface area contributed by atoms with Crippen LogP contribution in [0.4, 0.5) is 0 Å². The summed E-state index contributed by atoms with van der Waals surface area (Å²) in [4.78, 5) is 34.6. The van der Waals surface area contributed by atoms with E-state index in [4.69, 9.17) is 0 Å². The first-order chi connectivity index (χ1) is 9.60. The smallest absolute Gasteiger partial charge is 0.326 e. The molecule has 118 valence electrons. The Kier molecular flexibility index (Phi) is 5.46. The molecule has 2 N–H and O–H groups in total. The Morgan fingerprint density at radius 1 is 1.38 bits per heavy atom. The number of hydrogen-bond donors (Lipinski definition) is 2. The van der Waals surface area contributed by atoms with Crippen molar-refractivity contribution in [2.24, 2.45) is 10.5 Å². The van der Waals surface area contributed by atoms with Crippen LogP contribution in [-0.4, -0.2) is 46.7 Å². The maximum absolute atomic E-state index is 12.0. The van der Waals surface area contributed by atoms with Crippen molar-refractivity contribution < 1.29 is 19.5 Å². The van der Waals surface area contributed by atoms with Crippen LogP contribution >= 0.6 is 0 Å². The van der Waals surface area contributed by atoms with E-state index in [2.05, 4.69) is 10.4 Å². The Bertz CT molecular complexity index is 465. The first-order valence-electron chi connectivity index (χ1n) is 6.98. The molecule has 0 aromatic rings. The van der Waals surface area contributed by atoms with Gasteiger partial charge in [0, 0.05) is 19.9 Å². The molecule has 2 amide bonds. The minimum absolute atomic E-state index is 0.00653. The van der Waals surface area contributed by atoms with Gasteiger partial charge < -0.3 is 10.4 Å². The molecule has 7 nitrogen and oxygen atoms in total. The number of carbonyl (C=O) groups excluding carboxylic acids is 2. The minimum Gasteiger partial charge on any atom is -0.480 e. The van der Waals surface area contributed by atoms with E-state index >= 15 is 0 Å². The quantitative estimate of drug-likeness (QED) is 0.790. The number of nitrogens with one attached hydrogen (secondary N) is 1. The molecule has 0 fully saturated rings. The van der Waals surface area contributed by atoms with Gasteiger partial charge in [0.1, 0.15) is 11.8 Å². The molecule has 1 heterocycles. The predicted octanol–water partition coefficient (Wildman–Crippen LogP) is 0.990. The van der Waals surface area contributed by atoms with Crippen molar-refractivity contribution in [3.8, 4) is 0 Å². The molecule has 7 heteroatoms. The largest absolute Gasteiger partial charge is 0.480 e. The molecule has 0 radical (unpaired) electrons. The topological polar surface area (TPSA) is 99.1 Å². The molecule has 0 saturated carbocycles. The molecule has 1 aliphatic rings. The van der Waals surface area contributed by atoms with Crippen LogP contribution in [0, 0.1) is 5.41 Å². The summed E-state index contributed by atoms with van der Waals surface area (Å²) in [7, 11) is 1.48. The van der Waals surface area contributed by atoms with Crippen LogP contribution < -0.4 is 5.32 Å². The maximum Gasteiger partial charge on any atom is 0.326 e. The van der Waals surface area contributed by atoms with Gasteiger partial charge >= 0.3 is 5.97 Å². The summed E-state index contributed by atoms with van der Waals surface area (Å²) >= 11 is 0. The van der Waals surface area contributed by atoms with Crippen molar-refractivity contribution in [1.29, 1.82) is 0 Å². The lowest BCUT2D eigenvalue weighted by atomic mass is 9.88. The highest BCUT2D eigenvalue weighted by atomic mass is 16.4. The highest BCUT2D eigenvalue weighted by molar-refractivity contribution is 6.39. The van der Waals surface area contributed by atoms with E-state index in [-0.39, 0.29) is 29.9 Å². The van der Waals surface area contributed by atoms with E-state index in [0.717, 1.165) is 5.01 Å². The van der Waals surface area contributed by atoms with Gasteiger partial charge in [-0.3, -0.25) is 9.59 Å². The molecule has 0 bridgehead atoms. The summed E-state index contributed by atoms with van der Waals surface area (Å²) in [5.41, 5.74) is 0.187. The standard InChI is InChI=1S/C14H23N3O4/c1-14(2,3)8-7-10(13(20)21)15-12(19)9-5-6-11(18)17(4)16-9/h10H,5-8H2,1-4H3,(H,15,19)(H,20,21). The van der Waals surface area contributed by atoms with Crippen LogP contribution in [-0.2, 0) is 14.4 Å². The van der Waals surface area contributed by atoms with Gasteiger partial charge in [0.15, 0.2) is 0 Å². The zero-order valence-corrected chi connectivity index (χ0v) is 13.0. The summed E-state index contributed by atoms with van der Waals surface area (Å²) in [5.74, 6) is -1.74. The highest BCUT2D eigenvalue weighted by Gasteiger charge is 2.27. The molecule has 1 atom stereocenters. The number of aliphatic carboxylic acids is 1. The first-order valence-corrected chi connectivity index (χ1v) is 6.98. The number of carboxylic acids is 1. The third-order valence-corrected chi connectivity index (χ3v) is 3.26. The van der Waals surface area contributed by atoms with Crippen molar-refractivity contribution in [2.75, 3.05) is 7.05 Å². The molecule has 0 saturated heterocycles. The van der Waals surface area contributed by atoms with Gasteiger partial charge in [0.05, 0.1) is 0 Å². The molecule has 0 aromatic heterocycles. The van der Waals surface area contributed by atoms with E-state index in [1.54, 1.807) is 0 Å². The number of carbonyl (C=O) groups is 3. The van der Waals surface area contributed by atoms with Crippen molar-refractivity contribution >= 4 is 23.5 Å². The molecule has 1 unspecified atom stereocenters. The normalized spacial score (nSPS) is 17.2. The summed E-state index contributed by atoms with van der Waals surface area (Å²) in [6.07, 6.45) is 1.48. The number of amides is 2. The van der Waals surface area contributed by atoms with Crippen LogP contribution in [0.1, 0.15) is 46.5 Å². The molecule has 0 aromatic carbocycles. The highest BCUT2D eigenvalue weighted by Crippen LogP contribution is 2.21. The molecule has 1 aliphatic heterocycles. The van der Waals surface area contributed by atoms with Crippen molar-refractivity contribution in [2.45, 2.75) is 52.5 Å². The van der Waals surface area contributed by atoms with Crippen LogP contribution in [0.5, 0.6) is 0 Å². The lowest BCUT2D eigenvalue weighted by molar-refractivity contribution is -0.141. The van der Waals surface area contributed by atoms with Crippen molar-refractivity contribution in [3.63, 3.8) is 0 Å². The molecule has 0 aliphatic carbocycles. The van der Waals surface area contributed by atoms with Crippen LogP contribution in [0.3, 0.4) is 0 Å². The summed E-state index contributed by atoms with van der Waals surface area (Å²) in [5, 5.41) is 16.7. The molecule has 21 heavy (non-hydrogen) atoms. The van der Waals surface area contributed by atoms with Crippen LogP contribution in [0.2, 0.25) is 0 Å². The Morgan fingerprint density at radius 2 is 2.00 bits per heavy atom. The zero-order chi connectivity index (χ0) is 16.2. The number of nitrogens with zero attached hydrogens (tertiary/aromatic N) is 2. The Balaban J connectivity index is 2.67. The lowest BCUT2D eigenvalue weighted by Gasteiger charge is -2.23. The number of rotatable bonds is 5. The zero-order valence-electron chi connectivity index (χ0n) is 13.0. The Hall–Kier alpha value is -1.92. The second kappa shape index (κ2) is 6.69. The minimum atomic E-state index is -1.06. The third-order valence-electron chi connectivity index (χ3n) is 3.26.